The van der Waals surface area contributed by atoms with Crippen LogP contribution in [0.15, 0.2) is 46.9 Å². The molecular formula is C18H22BrNO3. The molecule has 2 aromatic carbocycles. The maximum Gasteiger partial charge on any atom is 0.136 e. The van der Waals surface area contributed by atoms with Crippen LogP contribution in [0.5, 0.6) is 11.5 Å². The molecule has 0 aliphatic heterocycles. The lowest BCUT2D eigenvalue weighted by Crippen LogP contribution is -2.26. The maximum absolute atomic E-state index is 9.35. The molecule has 2 aromatic rings. The van der Waals surface area contributed by atoms with Gasteiger partial charge in [0, 0.05) is 31.3 Å². The van der Waals surface area contributed by atoms with Crippen molar-refractivity contribution in [3.8, 4) is 11.5 Å². The predicted octanol–water partition coefficient (Wildman–Crippen LogP) is 3.46. The van der Waals surface area contributed by atoms with Crippen molar-refractivity contribution in [2.75, 3.05) is 27.4 Å². The molecule has 0 spiro atoms. The minimum Gasteiger partial charge on any atom is -0.496 e. The molecule has 0 saturated heterocycles. The van der Waals surface area contributed by atoms with Crippen LogP contribution in [0.25, 0.3) is 0 Å². The highest BCUT2D eigenvalue weighted by Crippen LogP contribution is 2.33. The van der Waals surface area contributed by atoms with Gasteiger partial charge in [-0.05, 0) is 27.6 Å². The summed E-state index contributed by atoms with van der Waals surface area (Å²) in [7, 11) is 3.28. The molecule has 0 aliphatic carbocycles. The van der Waals surface area contributed by atoms with E-state index in [0.717, 1.165) is 28.1 Å². The Morgan fingerprint density at radius 3 is 2.30 bits per heavy atom. The minimum atomic E-state index is 0.118. The first kappa shape index (κ1) is 17.8. The molecule has 0 aromatic heterocycles. The molecule has 0 unspecified atom stereocenters. The average Bonchev–Trinajstić information content (AvgIpc) is 2.56. The predicted molar refractivity (Wildman–Crippen MR) is 94.9 cm³/mol. The fourth-order valence-corrected chi connectivity index (χ4v) is 3.04. The lowest BCUT2D eigenvalue weighted by atomic mass is 10.1. The third-order valence-electron chi connectivity index (χ3n) is 3.61. The number of ether oxygens (including phenoxy) is 2. The largest absolute Gasteiger partial charge is 0.496 e. The van der Waals surface area contributed by atoms with E-state index in [9.17, 15) is 5.11 Å². The van der Waals surface area contributed by atoms with E-state index >= 15 is 0 Å². The van der Waals surface area contributed by atoms with E-state index in [4.69, 9.17) is 9.47 Å². The Morgan fingerprint density at radius 1 is 1.00 bits per heavy atom. The van der Waals surface area contributed by atoms with Gasteiger partial charge >= 0.3 is 0 Å². The second kappa shape index (κ2) is 8.91. The molecule has 0 bridgehead atoms. The summed E-state index contributed by atoms with van der Waals surface area (Å²) in [6.07, 6.45) is 0. The average molecular weight is 380 g/mol. The summed E-state index contributed by atoms with van der Waals surface area (Å²) >= 11 is 3.52. The molecule has 124 valence electrons. The summed E-state index contributed by atoms with van der Waals surface area (Å²) in [5, 5.41) is 9.35. The van der Waals surface area contributed by atoms with Crippen LogP contribution in [0.1, 0.15) is 11.1 Å². The van der Waals surface area contributed by atoms with E-state index < -0.39 is 0 Å². The van der Waals surface area contributed by atoms with Gasteiger partial charge in [-0.3, -0.25) is 4.90 Å². The van der Waals surface area contributed by atoms with Crippen LogP contribution in [-0.2, 0) is 13.1 Å². The number of hydrogen-bond acceptors (Lipinski definition) is 4. The van der Waals surface area contributed by atoms with E-state index in [-0.39, 0.29) is 6.61 Å². The van der Waals surface area contributed by atoms with Gasteiger partial charge in [-0.1, -0.05) is 30.3 Å². The molecule has 1 N–H and O–H groups in total. The molecular weight excluding hydrogens is 358 g/mol. The molecule has 0 amide bonds. The lowest BCUT2D eigenvalue weighted by molar-refractivity contribution is 0.183. The van der Waals surface area contributed by atoms with Crippen LogP contribution in [0.3, 0.4) is 0 Å². The molecule has 4 nitrogen and oxygen atoms in total. The van der Waals surface area contributed by atoms with Crippen molar-refractivity contribution in [2.24, 2.45) is 0 Å². The first-order chi connectivity index (χ1) is 11.2. The zero-order valence-electron chi connectivity index (χ0n) is 13.5. The number of halogens is 1. The van der Waals surface area contributed by atoms with Crippen LogP contribution < -0.4 is 9.47 Å². The third kappa shape index (κ3) is 4.96. The molecule has 0 saturated carbocycles. The van der Waals surface area contributed by atoms with Crippen LogP contribution in [0, 0.1) is 0 Å². The summed E-state index contributed by atoms with van der Waals surface area (Å²) in [5.74, 6) is 1.52. The second-order valence-electron chi connectivity index (χ2n) is 5.22. The van der Waals surface area contributed by atoms with Crippen molar-refractivity contribution in [3.05, 3.63) is 58.1 Å². The van der Waals surface area contributed by atoms with Gasteiger partial charge in [-0.25, -0.2) is 0 Å². The van der Waals surface area contributed by atoms with E-state index in [1.807, 2.05) is 30.3 Å². The maximum atomic E-state index is 9.35. The highest BCUT2D eigenvalue weighted by molar-refractivity contribution is 9.10. The summed E-state index contributed by atoms with van der Waals surface area (Å²) in [4.78, 5) is 2.19. The van der Waals surface area contributed by atoms with Crippen LogP contribution in [0.4, 0.5) is 0 Å². The number of nitrogens with zero attached hydrogens (tertiary/aromatic N) is 1. The highest BCUT2D eigenvalue weighted by Gasteiger charge is 2.14. The summed E-state index contributed by atoms with van der Waals surface area (Å²) < 4.78 is 11.7. The number of aliphatic hydroxyl groups is 1. The third-order valence-corrected chi connectivity index (χ3v) is 4.23. The minimum absolute atomic E-state index is 0.118. The van der Waals surface area contributed by atoms with Crippen molar-refractivity contribution in [2.45, 2.75) is 13.1 Å². The fourth-order valence-electron chi connectivity index (χ4n) is 2.48. The van der Waals surface area contributed by atoms with E-state index in [0.29, 0.717) is 13.1 Å². The number of aliphatic hydroxyl groups excluding tert-OH is 1. The van der Waals surface area contributed by atoms with Gasteiger partial charge < -0.3 is 14.6 Å². The van der Waals surface area contributed by atoms with Gasteiger partial charge in [-0.15, -0.1) is 0 Å². The SMILES string of the molecule is COc1cc(OC)c(CN(CCO)Cc2ccccc2)cc1Br. The molecule has 23 heavy (non-hydrogen) atoms. The summed E-state index contributed by atoms with van der Waals surface area (Å²) in [6.45, 7) is 2.17. The van der Waals surface area contributed by atoms with Crippen molar-refractivity contribution in [3.63, 3.8) is 0 Å². The Morgan fingerprint density at radius 2 is 1.70 bits per heavy atom. The topological polar surface area (TPSA) is 41.9 Å². The monoisotopic (exact) mass is 379 g/mol. The second-order valence-corrected chi connectivity index (χ2v) is 6.07. The van der Waals surface area contributed by atoms with Gasteiger partial charge in [0.1, 0.15) is 11.5 Å². The molecule has 0 atom stereocenters. The normalized spacial score (nSPS) is 10.8. The van der Waals surface area contributed by atoms with Gasteiger partial charge in [-0.2, -0.15) is 0 Å². The zero-order chi connectivity index (χ0) is 16.7. The standard InChI is InChI=1S/C18H22BrNO3/c1-22-17-11-18(23-2)16(19)10-15(17)13-20(8-9-21)12-14-6-4-3-5-7-14/h3-7,10-11,21H,8-9,12-13H2,1-2H3. The number of rotatable bonds is 8. The van der Waals surface area contributed by atoms with Crippen molar-refractivity contribution >= 4 is 15.9 Å². The van der Waals surface area contributed by atoms with Crippen LogP contribution in [-0.4, -0.2) is 37.4 Å². The Hall–Kier alpha value is -1.56. The Balaban J connectivity index is 2.20. The number of hydrogen-bond donors (Lipinski definition) is 1. The highest BCUT2D eigenvalue weighted by atomic mass is 79.9. The lowest BCUT2D eigenvalue weighted by Gasteiger charge is -2.23. The summed E-state index contributed by atoms with van der Waals surface area (Å²) in [5.41, 5.74) is 2.26. The first-order valence-electron chi connectivity index (χ1n) is 7.45. The molecule has 0 fully saturated rings. The number of benzene rings is 2. The van der Waals surface area contributed by atoms with Crippen LogP contribution >= 0.6 is 15.9 Å². The van der Waals surface area contributed by atoms with E-state index in [1.54, 1.807) is 14.2 Å². The quantitative estimate of drug-likeness (QED) is 0.762. The van der Waals surface area contributed by atoms with Gasteiger partial charge in [0.05, 0.1) is 25.3 Å². The Labute approximate surface area is 145 Å². The van der Waals surface area contributed by atoms with E-state index in [2.05, 4.69) is 33.0 Å². The Bertz CT molecular complexity index is 619. The van der Waals surface area contributed by atoms with Crippen molar-refractivity contribution in [1.29, 1.82) is 0 Å². The van der Waals surface area contributed by atoms with Crippen molar-refractivity contribution < 1.29 is 14.6 Å². The number of methoxy groups -OCH3 is 2. The zero-order valence-corrected chi connectivity index (χ0v) is 15.0. The fraction of sp³-hybridized carbons (Fsp3) is 0.333. The molecule has 2 rings (SSSR count). The Kier molecular flexibility index (Phi) is 6.89. The van der Waals surface area contributed by atoms with Gasteiger partial charge in [0.15, 0.2) is 0 Å². The smallest absolute Gasteiger partial charge is 0.136 e. The molecule has 0 radical (unpaired) electrons. The van der Waals surface area contributed by atoms with E-state index in [1.165, 1.54) is 5.56 Å². The summed E-state index contributed by atoms with van der Waals surface area (Å²) in [6, 6.07) is 14.1. The van der Waals surface area contributed by atoms with Gasteiger partial charge in [0.25, 0.3) is 0 Å². The molecule has 0 aliphatic rings. The molecule has 5 heteroatoms. The van der Waals surface area contributed by atoms with Crippen LogP contribution in [0.2, 0.25) is 0 Å². The van der Waals surface area contributed by atoms with Gasteiger partial charge in [0.2, 0.25) is 0 Å². The first-order valence-corrected chi connectivity index (χ1v) is 8.24. The molecule has 0 heterocycles. The van der Waals surface area contributed by atoms with Crippen molar-refractivity contribution in [1.82, 2.24) is 4.90 Å².